The van der Waals surface area contributed by atoms with Crippen molar-refractivity contribution in [3.63, 3.8) is 0 Å². The Bertz CT molecular complexity index is 995. The van der Waals surface area contributed by atoms with Crippen LogP contribution in [-0.2, 0) is 0 Å². The summed E-state index contributed by atoms with van der Waals surface area (Å²) in [6.45, 7) is 2.64. The summed E-state index contributed by atoms with van der Waals surface area (Å²) >= 11 is 0. The van der Waals surface area contributed by atoms with Gasteiger partial charge < -0.3 is 9.80 Å². The van der Waals surface area contributed by atoms with E-state index in [4.69, 9.17) is 0 Å². The molecule has 0 N–H and O–H groups in total. The second-order valence-electron chi connectivity index (χ2n) is 6.31. The average Bonchev–Trinajstić information content (AvgIpc) is 2.73. The molecule has 128 valence electrons. The molecule has 0 atom stereocenters. The fraction of sp³-hybridized carbons (Fsp3) is 0.190. The molecular weight excluding hydrogens is 324 g/mol. The third kappa shape index (κ3) is 2.86. The van der Waals surface area contributed by atoms with Gasteiger partial charge >= 0.3 is 0 Å². The van der Waals surface area contributed by atoms with Gasteiger partial charge in [0, 0.05) is 37.9 Å². The summed E-state index contributed by atoms with van der Waals surface area (Å²) in [6, 6.07) is 17.7. The molecule has 2 heterocycles. The Balaban J connectivity index is 1.53. The molecule has 1 saturated heterocycles. The van der Waals surface area contributed by atoms with E-state index in [0.717, 1.165) is 22.0 Å². The smallest absolute Gasteiger partial charge is 0.254 e. The van der Waals surface area contributed by atoms with Gasteiger partial charge in [0.05, 0.1) is 17.4 Å². The zero-order valence-electron chi connectivity index (χ0n) is 14.3. The van der Waals surface area contributed by atoms with Crippen molar-refractivity contribution in [2.75, 3.05) is 31.1 Å². The number of piperazine rings is 1. The summed E-state index contributed by atoms with van der Waals surface area (Å²) in [5.41, 5.74) is 2.21. The van der Waals surface area contributed by atoms with Crippen LogP contribution in [0, 0.1) is 11.3 Å². The van der Waals surface area contributed by atoms with Crippen molar-refractivity contribution in [2.24, 2.45) is 0 Å². The lowest BCUT2D eigenvalue weighted by Crippen LogP contribution is -2.49. The number of carbonyl (C=O) groups excluding carboxylic acids is 1. The number of carbonyl (C=O) groups is 1. The molecule has 0 aliphatic carbocycles. The van der Waals surface area contributed by atoms with Gasteiger partial charge in [-0.25, -0.2) is 0 Å². The van der Waals surface area contributed by atoms with Crippen LogP contribution >= 0.6 is 0 Å². The van der Waals surface area contributed by atoms with E-state index in [9.17, 15) is 10.1 Å². The number of anilines is 1. The highest BCUT2D eigenvalue weighted by Crippen LogP contribution is 2.23. The Morgan fingerprint density at radius 1 is 1.00 bits per heavy atom. The number of fused-ring (bicyclic) bond motifs is 1. The first kappa shape index (κ1) is 16.1. The van der Waals surface area contributed by atoms with Gasteiger partial charge in [-0.1, -0.05) is 36.4 Å². The van der Waals surface area contributed by atoms with E-state index in [0.29, 0.717) is 31.7 Å². The van der Waals surface area contributed by atoms with Gasteiger partial charge in [0.2, 0.25) is 0 Å². The largest absolute Gasteiger partial charge is 0.366 e. The minimum atomic E-state index is 0.0631. The van der Waals surface area contributed by atoms with E-state index in [-0.39, 0.29) is 5.91 Å². The fourth-order valence-electron chi connectivity index (χ4n) is 3.47. The third-order valence-corrected chi connectivity index (χ3v) is 4.85. The van der Waals surface area contributed by atoms with Crippen LogP contribution in [0.4, 0.5) is 5.69 Å². The SMILES string of the molecule is N#Cc1ccncc1N1CCN(C(=O)c2cccc3ccccc23)CC1. The zero-order valence-corrected chi connectivity index (χ0v) is 14.3. The van der Waals surface area contributed by atoms with Crippen LogP contribution in [0.25, 0.3) is 10.8 Å². The fourth-order valence-corrected chi connectivity index (χ4v) is 3.47. The molecule has 0 radical (unpaired) electrons. The number of aromatic nitrogens is 1. The van der Waals surface area contributed by atoms with Crippen molar-refractivity contribution in [3.05, 3.63) is 72.1 Å². The number of pyridine rings is 1. The predicted molar refractivity (Wildman–Crippen MR) is 101 cm³/mol. The van der Waals surface area contributed by atoms with Crippen molar-refractivity contribution in [2.45, 2.75) is 0 Å². The van der Waals surface area contributed by atoms with E-state index in [1.807, 2.05) is 47.4 Å². The molecule has 4 rings (SSSR count). The number of amides is 1. The Morgan fingerprint density at radius 2 is 1.77 bits per heavy atom. The van der Waals surface area contributed by atoms with E-state index < -0.39 is 0 Å². The van der Waals surface area contributed by atoms with Gasteiger partial charge in [0.15, 0.2) is 0 Å². The summed E-state index contributed by atoms with van der Waals surface area (Å²) in [6.07, 6.45) is 3.35. The maximum absolute atomic E-state index is 13.0. The molecule has 3 aromatic rings. The maximum Gasteiger partial charge on any atom is 0.254 e. The van der Waals surface area contributed by atoms with E-state index in [2.05, 4.69) is 16.0 Å². The topological polar surface area (TPSA) is 60.2 Å². The third-order valence-electron chi connectivity index (χ3n) is 4.85. The molecule has 1 aromatic heterocycles. The van der Waals surface area contributed by atoms with Gasteiger partial charge in [0.25, 0.3) is 5.91 Å². The molecular formula is C21H18N4O. The number of nitrogens with zero attached hydrogens (tertiary/aromatic N) is 4. The zero-order chi connectivity index (χ0) is 17.9. The Hall–Kier alpha value is -3.39. The van der Waals surface area contributed by atoms with Gasteiger partial charge in [-0.05, 0) is 22.9 Å². The highest BCUT2D eigenvalue weighted by molar-refractivity contribution is 6.07. The highest BCUT2D eigenvalue weighted by Gasteiger charge is 2.24. The molecule has 5 heteroatoms. The summed E-state index contributed by atoms with van der Waals surface area (Å²) in [4.78, 5) is 21.2. The van der Waals surface area contributed by atoms with Crippen LogP contribution in [0.1, 0.15) is 15.9 Å². The minimum Gasteiger partial charge on any atom is -0.366 e. The first-order chi connectivity index (χ1) is 12.8. The van der Waals surface area contributed by atoms with Crippen LogP contribution in [0.15, 0.2) is 60.9 Å². The average molecular weight is 342 g/mol. The van der Waals surface area contributed by atoms with Crippen LogP contribution in [-0.4, -0.2) is 42.0 Å². The predicted octanol–water partition coefficient (Wildman–Crippen LogP) is 3.07. The number of nitriles is 1. The Morgan fingerprint density at radius 3 is 2.58 bits per heavy atom. The molecule has 5 nitrogen and oxygen atoms in total. The Labute approximate surface area is 152 Å². The van der Waals surface area contributed by atoms with Crippen LogP contribution in [0.3, 0.4) is 0 Å². The van der Waals surface area contributed by atoms with E-state index in [1.165, 1.54) is 0 Å². The van der Waals surface area contributed by atoms with Crippen LogP contribution in [0.5, 0.6) is 0 Å². The quantitative estimate of drug-likeness (QED) is 0.718. The maximum atomic E-state index is 13.0. The van der Waals surface area contributed by atoms with Gasteiger partial charge in [0.1, 0.15) is 6.07 Å². The van der Waals surface area contributed by atoms with Crippen molar-refractivity contribution in [3.8, 4) is 6.07 Å². The van der Waals surface area contributed by atoms with Crippen molar-refractivity contribution < 1.29 is 4.79 Å². The van der Waals surface area contributed by atoms with Gasteiger partial charge in [-0.15, -0.1) is 0 Å². The Kier molecular flexibility index (Phi) is 4.24. The van der Waals surface area contributed by atoms with E-state index in [1.54, 1.807) is 18.5 Å². The number of rotatable bonds is 2. The molecule has 2 aromatic carbocycles. The monoisotopic (exact) mass is 342 g/mol. The van der Waals surface area contributed by atoms with Crippen molar-refractivity contribution >= 4 is 22.4 Å². The summed E-state index contributed by atoms with van der Waals surface area (Å²) < 4.78 is 0. The van der Waals surface area contributed by atoms with Crippen LogP contribution in [0.2, 0.25) is 0 Å². The first-order valence-electron chi connectivity index (χ1n) is 8.64. The number of hydrogen-bond donors (Lipinski definition) is 0. The minimum absolute atomic E-state index is 0.0631. The lowest BCUT2D eigenvalue weighted by molar-refractivity contribution is 0.0749. The van der Waals surface area contributed by atoms with Crippen molar-refractivity contribution in [1.82, 2.24) is 9.88 Å². The lowest BCUT2D eigenvalue weighted by atomic mass is 10.0. The van der Waals surface area contributed by atoms with E-state index >= 15 is 0 Å². The molecule has 26 heavy (non-hydrogen) atoms. The molecule has 0 saturated carbocycles. The lowest BCUT2D eigenvalue weighted by Gasteiger charge is -2.36. The molecule has 1 aliphatic rings. The van der Waals surface area contributed by atoms with Crippen LogP contribution < -0.4 is 4.90 Å². The van der Waals surface area contributed by atoms with Gasteiger partial charge in [-0.2, -0.15) is 5.26 Å². The molecule has 0 spiro atoms. The number of benzene rings is 2. The second kappa shape index (κ2) is 6.85. The molecule has 1 amide bonds. The highest BCUT2D eigenvalue weighted by atomic mass is 16.2. The normalized spacial score (nSPS) is 14.3. The standard InChI is InChI=1S/C21H18N4O/c22-14-17-8-9-23-15-20(17)24-10-12-25(13-11-24)21(26)19-7-3-5-16-4-1-2-6-18(16)19/h1-9,15H,10-13H2. The second-order valence-corrected chi connectivity index (χ2v) is 6.31. The molecule has 1 fully saturated rings. The summed E-state index contributed by atoms with van der Waals surface area (Å²) in [7, 11) is 0. The first-order valence-corrected chi connectivity index (χ1v) is 8.64. The summed E-state index contributed by atoms with van der Waals surface area (Å²) in [5.74, 6) is 0.0631. The van der Waals surface area contributed by atoms with Crippen molar-refractivity contribution in [1.29, 1.82) is 5.26 Å². The van der Waals surface area contributed by atoms with Gasteiger partial charge in [-0.3, -0.25) is 9.78 Å². The molecule has 0 unspecified atom stereocenters. The molecule has 1 aliphatic heterocycles. The summed E-state index contributed by atoms with van der Waals surface area (Å²) in [5, 5.41) is 11.3. The number of hydrogen-bond acceptors (Lipinski definition) is 4. The molecule has 0 bridgehead atoms.